The van der Waals surface area contributed by atoms with Crippen LogP contribution in [0.15, 0.2) is 29.3 Å². The van der Waals surface area contributed by atoms with Crippen molar-refractivity contribution in [3.05, 3.63) is 35.4 Å². The van der Waals surface area contributed by atoms with Crippen molar-refractivity contribution in [1.29, 1.82) is 0 Å². The molecule has 0 aliphatic heterocycles. The van der Waals surface area contributed by atoms with Crippen molar-refractivity contribution in [2.75, 3.05) is 33.7 Å². The number of nitrogens with one attached hydrogen (secondary N) is 2. The van der Waals surface area contributed by atoms with Crippen molar-refractivity contribution < 1.29 is 14.3 Å². The Bertz CT molecular complexity index is 648. The minimum Gasteiger partial charge on any atom is -0.463 e. The molecule has 0 aromatic heterocycles. The Morgan fingerprint density at radius 1 is 1.21 bits per heavy atom. The number of amides is 1. The summed E-state index contributed by atoms with van der Waals surface area (Å²) in [6.45, 7) is 7.41. The van der Waals surface area contributed by atoms with Gasteiger partial charge in [0, 0.05) is 32.7 Å². The molecule has 1 aromatic carbocycles. The lowest BCUT2D eigenvalue weighted by molar-refractivity contribution is -0.147. The lowest BCUT2D eigenvalue weighted by Crippen LogP contribution is -2.38. The van der Waals surface area contributed by atoms with Gasteiger partial charge in [0.1, 0.15) is 0 Å². The molecule has 0 bridgehead atoms. The molecule has 1 rings (SSSR count). The summed E-state index contributed by atoms with van der Waals surface area (Å²) in [5, 5.41) is 6.40. The Labute approximate surface area is 185 Å². The van der Waals surface area contributed by atoms with Crippen LogP contribution in [0, 0.1) is 0 Å². The molecule has 8 heteroatoms. The number of rotatable bonds is 9. The molecule has 7 nitrogen and oxygen atoms in total. The van der Waals surface area contributed by atoms with Crippen molar-refractivity contribution in [2.45, 2.75) is 39.7 Å². The molecule has 0 radical (unpaired) electrons. The predicted octanol–water partition coefficient (Wildman–Crippen LogP) is 2.45. The van der Waals surface area contributed by atoms with Gasteiger partial charge in [-0.25, -0.2) is 0 Å². The Kier molecular flexibility index (Phi) is 13.3. The zero-order valence-electron chi connectivity index (χ0n) is 17.4. The number of halogens is 1. The Hall–Kier alpha value is -1.84. The molecule has 0 atom stereocenters. The summed E-state index contributed by atoms with van der Waals surface area (Å²) in [6.07, 6.45) is 0.903. The van der Waals surface area contributed by atoms with Crippen LogP contribution in [0.1, 0.15) is 43.1 Å². The maximum Gasteiger partial charge on any atom is 0.307 e. The Morgan fingerprint density at radius 2 is 1.93 bits per heavy atom. The van der Waals surface area contributed by atoms with E-state index in [1.165, 1.54) is 0 Å². The van der Waals surface area contributed by atoms with Gasteiger partial charge in [0.25, 0.3) is 5.91 Å². The van der Waals surface area contributed by atoms with Crippen LogP contribution in [0.5, 0.6) is 0 Å². The summed E-state index contributed by atoms with van der Waals surface area (Å²) in [4.78, 5) is 29.6. The van der Waals surface area contributed by atoms with Crippen molar-refractivity contribution in [3.8, 4) is 0 Å². The Morgan fingerprint density at radius 3 is 2.54 bits per heavy atom. The number of carbonyl (C=O) groups is 2. The van der Waals surface area contributed by atoms with E-state index in [2.05, 4.69) is 15.6 Å². The van der Waals surface area contributed by atoms with Crippen molar-refractivity contribution >= 4 is 41.8 Å². The van der Waals surface area contributed by atoms with E-state index in [1.54, 1.807) is 19.0 Å². The van der Waals surface area contributed by atoms with E-state index in [1.807, 2.05) is 45.0 Å². The quantitative estimate of drug-likeness (QED) is 0.234. The van der Waals surface area contributed by atoms with Gasteiger partial charge in [-0.05, 0) is 44.9 Å². The molecule has 158 valence electrons. The molecule has 1 amide bonds. The fourth-order valence-corrected chi connectivity index (χ4v) is 2.37. The summed E-state index contributed by atoms with van der Waals surface area (Å²) < 4.78 is 5.10. The smallest absolute Gasteiger partial charge is 0.307 e. The number of nitrogens with zero attached hydrogens (tertiary/aromatic N) is 2. The third-order valence-electron chi connectivity index (χ3n) is 3.58. The average molecular weight is 504 g/mol. The first kappa shape index (κ1) is 26.2. The second kappa shape index (κ2) is 14.2. The number of aliphatic imine (C=N–C) groups is 1. The number of esters is 1. The van der Waals surface area contributed by atoms with E-state index in [4.69, 9.17) is 4.74 Å². The van der Waals surface area contributed by atoms with Crippen LogP contribution in [-0.2, 0) is 16.0 Å². The van der Waals surface area contributed by atoms with Crippen molar-refractivity contribution in [3.63, 3.8) is 0 Å². The van der Waals surface area contributed by atoms with Crippen LogP contribution in [0.25, 0.3) is 0 Å². The van der Waals surface area contributed by atoms with Crippen molar-refractivity contribution in [1.82, 2.24) is 15.5 Å². The summed E-state index contributed by atoms with van der Waals surface area (Å²) in [5.41, 5.74) is 1.76. The molecule has 0 aliphatic carbocycles. The molecule has 0 fully saturated rings. The van der Waals surface area contributed by atoms with Crippen LogP contribution in [0.3, 0.4) is 0 Å². The van der Waals surface area contributed by atoms with Crippen molar-refractivity contribution in [2.24, 2.45) is 4.99 Å². The van der Waals surface area contributed by atoms with Gasteiger partial charge in [0.15, 0.2) is 5.96 Å². The second-order valence-electron chi connectivity index (χ2n) is 6.63. The monoisotopic (exact) mass is 504 g/mol. The first-order valence-corrected chi connectivity index (χ1v) is 9.35. The fraction of sp³-hybridized carbons (Fsp3) is 0.550. The normalized spacial score (nSPS) is 10.9. The highest BCUT2D eigenvalue weighted by Crippen LogP contribution is 2.07. The fourth-order valence-electron chi connectivity index (χ4n) is 2.37. The molecule has 2 N–H and O–H groups in total. The molecule has 0 spiro atoms. The van der Waals surface area contributed by atoms with Gasteiger partial charge in [-0.1, -0.05) is 12.1 Å². The highest BCUT2D eigenvalue weighted by Gasteiger charge is 2.08. The summed E-state index contributed by atoms with van der Waals surface area (Å²) >= 11 is 0. The van der Waals surface area contributed by atoms with Gasteiger partial charge >= 0.3 is 5.97 Å². The molecule has 1 aromatic rings. The average Bonchev–Trinajstić information content (AvgIpc) is 2.60. The van der Waals surface area contributed by atoms with Gasteiger partial charge in [-0.2, -0.15) is 0 Å². The molecular formula is C20H33IN4O3. The molecule has 28 heavy (non-hydrogen) atoms. The third-order valence-corrected chi connectivity index (χ3v) is 3.58. The van der Waals surface area contributed by atoms with Gasteiger partial charge in [-0.3, -0.25) is 14.6 Å². The molecule has 0 aliphatic rings. The number of guanidine groups is 1. The topological polar surface area (TPSA) is 83.0 Å². The van der Waals surface area contributed by atoms with Gasteiger partial charge in [-0.15, -0.1) is 24.0 Å². The standard InChI is InChI=1S/C20H32N4O3.HI/c1-6-21-20(23-13-11-18(25)27-15(2)3)22-12-10-16-8-7-9-17(14-16)19(26)24(4)5;/h7-9,14-15H,6,10-13H2,1-5H3,(H2,21,22,23);1H. The molecule has 0 unspecified atom stereocenters. The third kappa shape index (κ3) is 10.5. The minimum absolute atomic E-state index is 0. The molecule has 0 heterocycles. The van der Waals surface area contributed by atoms with E-state index in [9.17, 15) is 9.59 Å². The number of carbonyl (C=O) groups excluding carboxylic acids is 2. The zero-order valence-corrected chi connectivity index (χ0v) is 19.8. The van der Waals surface area contributed by atoms with Crippen LogP contribution in [0.2, 0.25) is 0 Å². The van der Waals surface area contributed by atoms with Crippen LogP contribution in [0.4, 0.5) is 0 Å². The molecule has 0 saturated carbocycles. The van der Waals surface area contributed by atoms with Gasteiger partial charge in [0.2, 0.25) is 0 Å². The highest BCUT2D eigenvalue weighted by atomic mass is 127. The summed E-state index contributed by atoms with van der Waals surface area (Å²) in [5.74, 6) is 0.412. The minimum atomic E-state index is -0.244. The van der Waals surface area contributed by atoms with E-state index in [0.29, 0.717) is 24.6 Å². The van der Waals surface area contributed by atoms with Crippen LogP contribution in [-0.4, -0.2) is 62.6 Å². The van der Waals surface area contributed by atoms with Crippen LogP contribution < -0.4 is 10.6 Å². The predicted molar refractivity (Wildman–Crippen MR) is 123 cm³/mol. The summed E-state index contributed by atoms with van der Waals surface area (Å²) in [6, 6.07) is 7.63. The number of benzene rings is 1. The van der Waals surface area contributed by atoms with Crippen LogP contribution >= 0.6 is 24.0 Å². The maximum atomic E-state index is 12.0. The highest BCUT2D eigenvalue weighted by molar-refractivity contribution is 14.0. The molecule has 0 saturated heterocycles. The number of hydrogen-bond acceptors (Lipinski definition) is 4. The lowest BCUT2D eigenvalue weighted by atomic mass is 10.1. The zero-order chi connectivity index (χ0) is 20.2. The lowest BCUT2D eigenvalue weighted by Gasteiger charge is -2.13. The first-order chi connectivity index (χ1) is 12.8. The Balaban J connectivity index is 0.00000729. The van der Waals surface area contributed by atoms with E-state index in [-0.39, 0.29) is 48.4 Å². The summed E-state index contributed by atoms with van der Waals surface area (Å²) in [7, 11) is 3.49. The second-order valence-corrected chi connectivity index (χ2v) is 6.63. The first-order valence-electron chi connectivity index (χ1n) is 9.35. The van der Waals surface area contributed by atoms with E-state index < -0.39 is 0 Å². The SMILES string of the molecule is CCNC(=NCCC(=O)OC(C)C)NCCc1cccc(C(=O)N(C)C)c1.I. The van der Waals surface area contributed by atoms with Gasteiger partial charge < -0.3 is 20.3 Å². The molecular weight excluding hydrogens is 471 g/mol. The maximum absolute atomic E-state index is 12.0. The van der Waals surface area contributed by atoms with Gasteiger partial charge in [0.05, 0.1) is 19.1 Å². The number of ether oxygens (including phenoxy) is 1. The van der Waals surface area contributed by atoms with E-state index in [0.717, 1.165) is 18.5 Å². The number of hydrogen-bond donors (Lipinski definition) is 2. The largest absolute Gasteiger partial charge is 0.463 e. The van der Waals surface area contributed by atoms with E-state index >= 15 is 0 Å².